The first kappa shape index (κ1) is 18.7. The van der Waals surface area contributed by atoms with Gasteiger partial charge in [-0.1, -0.05) is 36.1 Å². The fraction of sp³-hybridized carbons (Fsp3) is 0. The Bertz CT molecular complexity index is 625. The van der Waals surface area contributed by atoms with Crippen molar-refractivity contribution in [1.29, 1.82) is 0 Å². The molecule has 0 saturated heterocycles. The summed E-state index contributed by atoms with van der Waals surface area (Å²) >= 11 is 0. The van der Waals surface area contributed by atoms with E-state index in [-0.39, 0.29) is 103 Å². The standard InChI is InChI=1S/C10H8O4S.2K/c11-10-6-8(15(12,13)14)5-7-3-1-2-4-9(7)10;;/h1-6,11H,(H,12,13,14);;/q;2*+1/p-2. The third-order valence-electron chi connectivity index (χ3n) is 2.09. The van der Waals surface area contributed by atoms with Crippen molar-refractivity contribution in [2.24, 2.45) is 0 Å². The van der Waals surface area contributed by atoms with Crippen LogP contribution in [0.3, 0.4) is 0 Å². The van der Waals surface area contributed by atoms with Gasteiger partial charge < -0.3 is 9.66 Å². The Labute approximate surface area is 184 Å². The van der Waals surface area contributed by atoms with E-state index in [0.29, 0.717) is 10.8 Å². The van der Waals surface area contributed by atoms with Crippen LogP contribution in [0, 0.1) is 0 Å². The molecule has 0 aliphatic rings. The van der Waals surface area contributed by atoms with Crippen LogP contribution in [0.15, 0.2) is 41.3 Å². The third kappa shape index (κ3) is 4.62. The maximum atomic E-state index is 11.4. The van der Waals surface area contributed by atoms with E-state index in [9.17, 15) is 18.1 Å². The fourth-order valence-corrected chi connectivity index (χ4v) is 1.92. The average molecular weight is 300 g/mol. The van der Waals surface area contributed by atoms with E-state index in [1.807, 2.05) is 0 Å². The van der Waals surface area contributed by atoms with E-state index in [2.05, 4.69) is 0 Å². The first-order valence-corrected chi connectivity index (χ1v) is 5.55. The summed E-state index contributed by atoms with van der Waals surface area (Å²) in [4.78, 5) is -0.480. The quantitative estimate of drug-likeness (QED) is 0.390. The minimum absolute atomic E-state index is 0. The Hall–Kier alpha value is 1.68. The average Bonchev–Trinajstić information content (AvgIpc) is 2.16. The molecular formula is C10H6K2O4S. The van der Waals surface area contributed by atoms with Crippen LogP contribution >= 0.6 is 0 Å². The van der Waals surface area contributed by atoms with Gasteiger partial charge in [-0.05, 0) is 16.8 Å². The minimum atomic E-state index is -4.57. The Balaban J connectivity index is 0.00000128. The smallest absolute Gasteiger partial charge is 0.872 e. The molecule has 0 bridgehead atoms. The summed E-state index contributed by atoms with van der Waals surface area (Å²) in [5, 5.41) is 12.3. The topological polar surface area (TPSA) is 80.3 Å². The Morgan fingerprint density at radius 1 is 1.00 bits per heavy atom. The molecule has 2 aromatic rings. The van der Waals surface area contributed by atoms with Gasteiger partial charge in [0.15, 0.2) is 0 Å². The second-order valence-electron chi connectivity index (χ2n) is 3.10. The number of fused-ring (bicyclic) bond motifs is 1. The molecule has 0 fully saturated rings. The van der Waals surface area contributed by atoms with Crippen LogP contribution in [-0.2, 0) is 10.1 Å². The molecule has 0 unspecified atom stereocenters. The zero-order valence-corrected chi connectivity index (χ0v) is 16.6. The first-order valence-electron chi connectivity index (χ1n) is 4.14. The van der Waals surface area contributed by atoms with Gasteiger partial charge in [0.05, 0.1) is 4.90 Å². The van der Waals surface area contributed by atoms with E-state index in [4.69, 9.17) is 0 Å². The second kappa shape index (κ2) is 7.46. The molecule has 2 aromatic carbocycles. The predicted octanol–water partition coefficient (Wildman–Crippen LogP) is -5.17. The van der Waals surface area contributed by atoms with Crippen molar-refractivity contribution < 1.29 is 121 Å². The van der Waals surface area contributed by atoms with E-state index in [0.717, 1.165) is 6.07 Å². The van der Waals surface area contributed by atoms with Gasteiger partial charge in [0.2, 0.25) is 0 Å². The second-order valence-corrected chi connectivity index (χ2v) is 4.48. The molecule has 2 rings (SSSR count). The van der Waals surface area contributed by atoms with Crippen LogP contribution in [0.2, 0.25) is 0 Å². The third-order valence-corrected chi connectivity index (χ3v) is 2.90. The van der Waals surface area contributed by atoms with Gasteiger partial charge in [-0.3, -0.25) is 0 Å². The summed E-state index contributed by atoms with van der Waals surface area (Å²) in [6.07, 6.45) is 0. The van der Waals surface area contributed by atoms with Crippen molar-refractivity contribution in [3.05, 3.63) is 36.4 Å². The summed E-state index contributed by atoms with van der Waals surface area (Å²) in [5.74, 6) is -0.456. The Morgan fingerprint density at radius 2 is 1.59 bits per heavy atom. The van der Waals surface area contributed by atoms with Crippen LogP contribution in [0.5, 0.6) is 5.75 Å². The van der Waals surface area contributed by atoms with Gasteiger partial charge >= 0.3 is 103 Å². The number of hydrogen-bond donors (Lipinski definition) is 0. The Morgan fingerprint density at radius 3 is 2.18 bits per heavy atom. The maximum Gasteiger partial charge on any atom is 1.00 e. The van der Waals surface area contributed by atoms with Crippen molar-refractivity contribution in [2.75, 3.05) is 0 Å². The molecule has 4 nitrogen and oxygen atoms in total. The summed E-state index contributed by atoms with van der Waals surface area (Å²) in [5.41, 5.74) is 0. The molecule has 7 heteroatoms. The zero-order chi connectivity index (χ0) is 11.1. The molecule has 0 aromatic heterocycles. The molecule has 0 saturated carbocycles. The van der Waals surface area contributed by atoms with Crippen LogP contribution in [0.4, 0.5) is 0 Å². The number of benzene rings is 2. The van der Waals surface area contributed by atoms with Crippen LogP contribution in [-0.4, -0.2) is 13.0 Å². The number of hydrogen-bond acceptors (Lipinski definition) is 4. The monoisotopic (exact) mass is 300 g/mol. The predicted molar refractivity (Wildman–Crippen MR) is 51.4 cm³/mol. The minimum Gasteiger partial charge on any atom is -0.872 e. The van der Waals surface area contributed by atoms with Crippen molar-refractivity contribution in [3.63, 3.8) is 0 Å². The molecular weight excluding hydrogens is 294 g/mol. The molecule has 0 aliphatic heterocycles. The SMILES string of the molecule is O=S(=O)([O-])c1cc([O-])c2ccccc2c1.[K+].[K+]. The summed E-state index contributed by atoms with van der Waals surface area (Å²) < 4.78 is 32.2. The van der Waals surface area contributed by atoms with Crippen LogP contribution < -0.4 is 108 Å². The summed E-state index contributed by atoms with van der Waals surface area (Å²) in [6.45, 7) is 0. The van der Waals surface area contributed by atoms with Gasteiger partial charge in [-0.2, -0.15) is 0 Å². The van der Waals surface area contributed by atoms with Gasteiger partial charge in [0.25, 0.3) is 0 Å². The van der Waals surface area contributed by atoms with Gasteiger partial charge in [0, 0.05) is 0 Å². The molecule has 0 spiro atoms. The van der Waals surface area contributed by atoms with Crippen molar-refractivity contribution >= 4 is 20.9 Å². The van der Waals surface area contributed by atoms with Crippen molar-refractivity contribution in [3.8, 4) is 5.75 Å². The fourth-order valence-electron chi connectivity index (χ4n) is 1.39. The van der Waals surface area contributed by atoms with Crippen LogP contribution in [0.1, 0.15) is 0 Å². The van der Waals surface area contributed by atoms with E-state index in [1.54, 1.807) is 24.3 Å². The maximum absolute atomic E-state index is 11.4. The molecule has 17 heavy (non-hydrogen) atoms. The van der Waals surface area contributed by atoms with Gasteiger partial charge in [0.1, 0.15) is 10.1 Å². The molecule has 0 heterocycles. The largest absolute Gasteiger partial charge is 1.00 e. The van der Waals surface area contributed by atoms with Crippen molar-refractivity contribution in [1.82, 2.24) is 0 Å². The molecule has 0 radical (unpaired) electrons. The molecule has 78 valence electrons. The summed E-state index contributed by atoms with van der Waals surface area (Å²) in [6, 6.07) is 8.58. The first-order chi connectivity index (χ1) is 6.98. The molecule has 0 atom stereocenters. The zero-order valence-electron chi connectivity index (χ0n) is 9.51. The Kier molecular flexibility index (Phi) is 8.20. The van der Waals surface area contributed by atoms with Crippen LogP contribution in [0.25, 0.3) is 10.8 Å². The molecule has 0 aliphatic carbocycles. The van der Waals surface area contributed by atoms with E-state index < -0.39 is 20.8 Å². The van der Waals surface area contributed by atoms with Gasteiger partial charge in [-0.25, -0.2) is 8.42 Å². The number of rotatable bonds is 1. The van der Waals surface area contributed by atoms with Crippen molar-refractivity contribution in [2.45, 2.75) is 4.90 Å². The van der Waals surface area contributed by atoms with E-state index >= 15 is 0 Å². The van der Waals surface area contributed by atoms with E-state index in [1.165, 1.54) is 6.07 Å². The van der Waals surface area contributed by atoms with Gasteiger partial charge in [-0.15, -0.1) is 0 Å². The normalized spacial score (nSPS) is 10.4. The summed E-state index contributed by atoms with van der Waals surface area (Å²) in [7, 11) is -4.57. The molecule has 0 N–H and O–H groups in total. The molecule has 0 amide bonds.